The molecule has 5 heterocycles. The van der Waals surface area contributed by atoms with Crippen LogP contribution in [-0.4, -0.2) is 112 Å². The number of rotatable bonds is 9. The molecule has 43 heavy (non-hydrogen) atoms. The summed E-state index contributed by atoms with van der Waals surface area (Å²) in [7, 11) is 5.29. The monoisotopic (exact) mass is 624 g/mol. The summed E-state index contributed by atoms with van der Waals surface area (Å²) < 4.78 is 6.97. The lowest BCUT2D eigenvalue weighted by Crippen LogP contribution is -2.56. The van der Waals surface area contributed by atoms with Crippen LogP contribution in [-0.2, 0) is 16.0 Å². The number of nitrogens with zero attached hydrogens (tertiary/aromatic N) is 8. The molecule has 2 fully saturated rings. The average molecular weight is 625 g/mol. The molecule has 0 radical (unpaired) electrons. The number of methoxy groups -OCH3 is 1. The molecular weight excluding hydrogens is 589 g/mol. The summed E-state index contributed by atoms with van der Waals surface area (Å²) >= 11 is 2.83. The van der Waals surface area contributed by atoms with Gasteiger partial charge in [0.1, 0.15) is 4.88 Å². The third-order valence-electron chi connectivity index (χ3n) is 8.15. The van der Waals surface area contributed by atoms with Crippen molar-refractivity contribution >= 4 is 55.6 Å². The minimum Gasteiger partial charge on any atom is -0.465 e. The highest BCUT2D eigenvalue weighted by Gasteiger charge is 2.34. The minimum absolute atomic E-state index is 0.0572. The molecule has 1 amide bonds. The molecule has 0 spiro atoms. The molecular formula is C29H36N8O4S2. The zero-order chi connectivity index (χ0) is 30.4. The van der Waals surface area contributed by atoms with Gasteiger partial charge >= 0.3 is 5.97 Å². The number of likely N-dealkylation sites (tertiary alicyclic amines) is 1. The molecule has 4 aromatic rings. The van der Waals surface area contributed by atoms with Gasteiger partial charge in [0, 0.05) is 44.8 Å². The predicted octanol–water partition coefficient (Wildman–Crippen LogP) is 3.05. The van der Waals surface area contributed by atoms with E-state index in [-0.39, 0.29) is 11.9 Å². The maximum Gasteiger partial charge on any atom is 0.350 e. The van der Waals surface area contributed by atoms with Gasteiger partial charge in [-0.1, -0.05) is 59.4 Å². The summed E-state index contributed by atoms with van der Waals surface area (Å²) in [5.41, 5.74) is 3.46. The molecule has 14 heteroatoms. The number of β-amino-alcohol motifs (C(OH)–C–C–N with tert-alkyl or cyclic N) is 1. The molecule has 1 N–H and O–H groups in total. The van der Waals surface area contributed by atoms with E-state index in [0.29, 0.717) is 41.8 Å². The molecule has 0 bridgehead atoms. The number of aliphatic hydroxyl groups is 1. The van der Waals surface area contributed by atoms with Gasteiger partial charge in [-0.05, 0) is 26.8 Å². The fraction of sp³-hybridized carbons (Fsp3) is 0.483. The van der Waals surface area contributed by atoms with E-state index in [1.807, 2.05) is 54.7 Å². The molecule has 1 unspecified atom stereocenters. The van der Waals surface area contributed by atoms with E-state index in [1.165, 1.54) is 18.4 Å². The first-order valence-electron chi connectivity index (χ1n) is 14.4. The first kappa shape index (κ1) is 29.5. The fourth-order valence-corrected chi connectivity index (χ4v) is 7.45. The zero-order valence-corrected chi connectivity index (χ0v) is 26.6. The van der Waals surface area contributed by atoms with Crippen LogP contribution in [0.5, 0.6) is 0 Å². The van der Waals surface area contributed by atoms with Gasteiger partial charge in [0.25, 0.3) is 0 Å². The van der Waals surface area contributed by atoms with Crippen molar-refractivity contribution in [3.63, 3.8) is 0 Å². The maximum absolute atomic E-state index is 12.7. The van der Waals surface area contributed by atoms with Crippen molar-refractivity contribution in [3.05, 3.63) is 40.4 Å². The van der Waals surface area contributed by atoms with Crippen LogP contribution in [0.3, 0.4) is 0 Å². The van der Waals surface area contributed by atoms with Gasteiger partial charge in [0.2, 0.25) is 16.0 Å². The molecule has 1 aromatic carbocycles. The Morgan fingerprint density at radius 1 is 1.12 bits per heavy atom. The Balaban J connectivity index is 1.24. The van der Waals surface area contributed by atoms with Crippen molar-refractivity contribution in [1.29, 1.82) is 0 Å². The third kappa shape index (κ3) is 5.59. The highest BCUT2D eigenvalue weighted by Crippen LogP contribution is 2.39. The molecule has 2 saturated heterocycles. The predicted molar refractivity (Wildman–Crippen MR) is 168 cm³/mol. The molecule has 3 aromatic heterocycles. The van der Waals surface area contributed by atoms with Crippen LogP contribution in [0.1, 0.15) is 34.3 Å². The first-order valence-corrected chi connectivity index (χ1v) is 16.0. The second-order valence-electron chi connectivity index (χ2n) is 11.2. The van der Waals surface area contributed by atoms with Crippen LogP contribution in [0.4, 0.5) is 16.1 Å². The number of aromatic nitrogens is 4. The Kier molecular flexibility index (Phi) is 8.11. The molecule has 2 aliphatic heterocycles. The van der Waals surface area contributed by atoms with Gasteiger partial charge in [0.05, 0.1) is 31.1 Å². The lowest BCUT2D eigenvalue weighted by Gasteiger charge is -2.37. The highest BCUT2D eigenvalue weighted by atomic mass is 32.1. The van der Waals surface area contributed by atoms with E-state index in [2.05, 4.69) is 16.7 Å². The van der Waals surface area contributed by atoms with E-state index in [4.69, 9.17) is 19.8 Å². The van der Waals surface area contributed by atoms with Crippen LogP contribution in [0.15, 0.2) is 24.3 Å². The van der Waals surface area contributed by atoms with Crippen molar-refractivity contribution < 1.29 is 19.4 Å². The number of hydrogen-bond donors (Lipinski definition) is 1. The first-order chi connectivity index (χ1) is 20.7. The number of thiazole rings is 1. The summed E-state index contributed by atoms with van der Waals surface area (Å²) in [5, 5.41) is 16.0. The number of aryl methyl sites for hydroxylation is 2. The normalized spacial score (nSPS) is 17.2. The molecule has 228 valence electrons. The molecule has 0 saturated carbocycles. The smallest absolute Gasteiger partial charge is 0.350 e. The Morgan fingerprint density at radius 3 is 2.53 bits per heavy atom. The third-order valence-corrected chi connectivity index (χ3v) is 10.2. The Morgan fingerprint density at radius 2 is 1.86 bits per heavy atom. The van der Waals surface area contributed by atoms with Crippen LogP contribution < -0.4 is 9.80 Å². The number of benzene rings is 1. The van der Waals surface area contributed by atoms with Gasteiger partial charge in [-0.3, -0.25) is 9.69 Å². The van der Waals surface area contributed by atoms with Crippen molar-refractivity contribution in [3.8, 4) is 11.3 Å². The van der Waals surface area contributed by atoms with Gasteiger partial charge in [0.15, 0.2) is 10.9 Å². The number of ether oxygens (including phenoxy) is 1. The number of amides is 1. The number of carbonyl (C=O) groups excluding carboxylic acids is 2. The Bertz CT molecular complexity index is 1640. The van der Waals surface area contributed by atoms with Crippen molar-refractivity contribution in [2.75, 3.05) is 63.7 Å². The van der Waals surface area contributed by atoms with Crippen LogP contribution in [0.25, 0.3) is 16.2 Å². The van der Waals surface area contributed by atoms with Crippen molar-refractivity contribution in [2.45, 2.75) is 38.8 Å². The quantitative estimate of drug-likeness (QED) is 0.278. The summed E-state index contributed by atoms with van der Waals surface area (Å²) in [6, 6.07) is 8.16. The van der Waals surface area contributed by atoms with Gasteiger partial charge in [-0.2, -0.15) is 4.52 Å². The molecule has 2 aliphatic rings. The van der Waals surface area contributed by atoms with Gasteiger partial charge < -0.3 is 24.5 Å². The van der Waals surface area contributed by atoms with E-state index in [9.17, 15) is 14.7 Å². The van der Waals surface area contributed by atoms with Crippen molar-refractivity contribution in [1.82, 2.24) is 29.4 Å². The average Bonchev–Trinajstić information content (AvgIpc) is 3.77. The van der Waals surface area contributed by atoms with Crippen LogP contribution in [0.2, 0.25) is 0 Å². The SMILES string of the molecule is CCc1nc2sc(N3CCC(N(C)CC(=O)N4CC(O)C4)C3)nn2c1N(C)c1nc(-c2ccc(C)cc2)c(C(=O)OC)s1. The summed E-state index contributed by atoms with van der Waals surface area (Å²) in [6.07, 6.45) is 1.25. The number of hydrogen-bond acceptors (Lipinski definition) is 12. The molecule has 1 atom stereocenters. The molecule has 6 rings (SSSR count). The second kappa shape index (κ2) is 11.8. The topological polar surface area (TPSA) is 120 Å². The van der Waals surface area contributed by atoms with E-state index in [0.717, 1.165) is 52.2 Å². The number of carbonyl (C=O) groups is 2. The lowest BCUT2D eigenvalue weighted by molar-refractivity contribution is -0.142. The van der Waals surface area contributed by atoms with Gasteiger partial charge in [-0.25, -0.2) is 14.8 Å². The second-order valence-corrected chi connectivity index (χ2v) is 13.1. The Hall–Kier alpha value is -3.59. The Labute approximate surface area is 258 Å². The number of likely N-dealkylation sites (N-methyl/N-ethyl adjacent to an activating group) is 1. The standard InChI is InChI=1S/C29H36N8O4S2/c1-6-21-25(34(4)27-31-23(24(42-27)26(40)41-5)18-9-7-17(2)8-10-18)37-28(30-21)43-29(32-37)35-12-11-19(13-35)33(3)16-22(39)36-14-20(38)15-36/h7-10,19-20,38H,6,11-16H2,1-5H3. The van der Waals surface area contributed by atoms with Crippen LogP contribution in [0, 0.1) is 6.92 Å². The summed E-state index contributed by atoms with van der Waals surface area (Å²) in [5.74, 6) is 0.452. The summed E-state index contributed by atoms with van der Waals surface area (Å²) in [4.78, 5) is 44.3. The zero-order valence-electron chi connectivity index (χ0n) is 25.0. The highest BCUT2D eigenvalue weighted by molar-refractivity contribution is 7.20. The summed E-state index contributed by atoms with van der Waals surface area (Å²) in [6.45, 7) is 6.88. The van der Waals surface area contributed by atoms with E-state index in [1.54, 1.807) is 16.2 Å². The van der Waals surface area contributed by atoms with Crippen LogP contribution >= 0.6 is 22.7 Å². The van der Waals surface area contributed by atoms with Crippen molar-refractivity contribution in [2.24, 2.45) is 0 Å². The largest absolute Gasteiger partial charge is 0.465 e. The van der Waals surface area contributed by atoms with Gasteiger partial charge in [-0.15, -0.1) is 5.10 Å². The molecule has 0 aliphatic carbocycles. The number of aliphatic hydroxyl groups excluding tert-OH is 1. The minimum atomic E-state index is -0.421. The number of anilines is 3. The van der Waals surface area contributed by atoms with E-state index >= 15 is 0 Å². The number of esters is 1. The maximum atomic E-state index is 12.7. The fourth-order valence-electron chi connectivity index (χ4n) is 5.53. The molecule has 12 nitrogen and oxygen atoms in total. The number of fused-ring (bicyclic) bond motifs is 1. The number of imidazole rings is 1. The lowest BCUT2D eigenvalue weighted by atomic mass is 10.1. The van der Waals surface area contributed by atoms with E-state index < -0.39 is 12.1 Å².